The third-order valence-corrected chi connectivity index (χ3v) is 15.0. The van der Waals surface area contributed by atoms with E-state index in [1.165, 1.54) is 47.2 Å². The van der Waals surface area contributed by atoms with E-state index < -0.39 is 15.1 Å². The van der Waals surface area contributed by atoms with Crippen LogP contribution >= 0.6 is 15.1 Å². The minimum atomic E-state index is -2.10. The first-order chi connectivity index (χ1) is 16.3. The normalized spacial score (nSPS) is 17.8. The quantitative estimate of drug-likeness (QED) is 0.252. The predicted molar refractivity (Wildman–Crippen MR) is 145 cm³/mol. The van der Waals surface area contributed by atoms with Gasteiger partial charge in [0.15, 0.2) is 0 Å². The van der Waals surface area contributed by atoms with Crippen molar-refractivity contribution in [1.29, 1.82) is 0 Å². The lowest BCUT2D eigenvalue weighted by molar-refractivity contribution is 1.01. The van der Waals surface area contributed by atoms with E-state index in [0.717, 1.165) is 5.66 Å². The summed E-state index contributed by atoms with van der Waals surface area (Å²) in [5.41, 5.74) is 2.19. The summed E-state index contributed by atoms with van der Waals surface area (Å²) in [7, 11) is -2.68. The van der Waals surface area contributed by atoms with E-state index in [4.69, 9.17) is 4.52 Å². The summed E-state index contributed by atoms with van der Waals surface area (Å²) in [4.78, 5) is 0. The van der Waals surface area contributed by atoms with Crippen LogP contribution < -0.4 is 15.9 Å². The molecule has 2 saturated carbocycles. The Kier molecular flexibility index (Phi) is 5.57. The van der Waals surface area contributed by atoms with Gasteiger partial charge >= 0.3 is 0 Å². The fourth-order valence-electron chi connectivity index (χ4n) is 5.17. The lowest BCUT2D eigenvalue weighted by Gasteiger charge is -2.37. The topological polar surface area (TPSA) is 12.4 Å². The molecule has 0 saturated heterocycles. The highest BCUT2D eigenvalue weighted by Crippen LogP contribution is 2.79. The zero-order chi connectivity index (χ0) is 22.1. The van der Waals surface area contributed by atoms with Crippen molar-refractivity contribution >= 4 is 31.0 Å². The first-order valence-corrected chi connectivity index (χ1v) is 15.1. The molecule has 2 aliphatic carbocycles. The van der Waals surface area contributed by atoms with Crippen LogP contribution in [0.1, 0.15) is 31.2 Å². The largest absolute Gasteiger partial charge is 0.265 e. The fraction of sp³-hybridized carbons (Fsp3) is 0.200. The van der Waals surface area contributed by atoms with Gasteiger partial charge in [-0.2, -0.15) is 0 Å². The molecule has 0 aliphatic heterocycles. The summed E-state index contributed by atoms with van der Waals surface area (Å²) >= 11 is 0. The molecule has 6 rings (SSSR count). The highest BCUT2D eigenvalue weighted by molar-refractivity contribution is 7.87. The van der Waals surface area contributed by atoms with Crippen molar-refractivity contribution in [2.45, 2.75) is 36.5 Å². The molecule has 1 unspecified atom stereocenters. The summed E-state index contributed by atoms with van der Waals surface area (Å²) in [6, 6.07) is 45.0. The Balaban J connectivity index is 1.69. The Morgan fingerprint density at radius 3 is 1.52 bits per heavy atom. The second-order valence-corrected chi connectivity index (χ2v) is 15.0. The molecule has 2 fully saturated rings. The molecule has 164 valence electrons. The molecule has 0 bridgehead atoms. The summed E-state index contributed by atoms with van der Waals surface area (Å²) in [6.45, 7) is 0. The highest BCUT2D eigenvalue weighted by Gasteiger charge is 2.58. The SMILES string of the molecule is c1ccc(P(N=P(c2ccccc2)(c2ccccc2)C2(c3ccccc3)CC2)C2CC2)cc1. The van der Waals surface area contributed by atoms with E-state index in [0.29, 0.717) is 0 Å². The molecule has 0 spiro atoms. The van der Waals surface area contributed by atoms with Crippen molar-refractivity contribution in [1.82, 2.24) is 0 Å². The van der Waals surface area contributed by atoms with Crippen molar-refractivity contribution < 1.29 is 0 Å². The van der Waals surface area contributed by atoms with Gasteiger partial charge in [0, 0.05) is 25.9 Å². The van der Waals surface area contributed by atoms with Crippen molar-refractivity contribution in [3.63, 3.8) is 0 Å². The second kappa shape index (κ2) is 8.72. The van der Waals surface area contributed by atoms with Crippen LogP contribution in [0.2, 0.25) is 0 Å². The molecule has 2 aliphatic rings. The van der Waals surface area contributed by atoms with Gasteiger partial charge in [-0.15, -0.1) is 0 Å². The van der Waals surface area contributed by atoms with Crippen LogP contribution in [0.4, 0.5) is 0 Å². The van der Waals surface area contributed by atoms with Crippen molar-refractivity contribution in [3.8, 4) is 0 Å². The fourth-order valence-corrected chi connectivity index (χ4v) is 14.1. The summed E-state index contributed by atoms with van der Waals surface area (Å²) in [5.74, 6) is 0. The molecular weight excluding hydrogens is 436 g/mol. The van der Waals surface area contributed by atoms with Gasteiger partial charge in [0.2, 0.25) is 0 Å². The number of hydrogen-bond acceptors (Lipinski definition) is 1. The van der Waals surface area contributed by atoms with Crippen molar-refractivity contribution in [3.05, 3.63) is 127 Å². The third kappa shape index (κ3) is 3.73. The Morgan fingerprint density at radius 1 is 0.606 bits per heavy atom. The second-order valence-electron chi connectivity index (χ2n) is 9.20. The van der Waals surface area contributed by atoms with E-state index in [1.54, 1.807) is 0 Å². The maximum atomic E-state index is 6.17. The Morgan fingerprint density at radius 2 is 1.06 bits per heavy atom. The van der Waals surface area contributed by atoms with Gasteiger partial charge in [0.05, 0.1) is 0 Å². The summed E-state index contributed by atoms with van der Waals surface area (Å²) in [5, 5.41) is 4.40. The molecule has 1 atom stereocenters. The minimum absolute atomic E-state index is 0.0984. The predicted octanol–water partition coefficient (Wildman–Crippen LogP) is 7.41. The molecule has 0 aromatic heterocycles. The average molecular weight is 466 g/mol. The first-order valence-electron chi connectivity index (χ1n) is 12.0. The zero-order valence-corrected chi connectivity index (χ0v) is 20.6. The van der Waals surface area contributed by atoms with Crippen LogP contribution in [-0.4, -0.2) is 5.66 Å². The van der Waals surface area contributed by atoms with E-state index >= 15 is 0 Å². The van der Waals surface area contributed by atoms with Crippen molar-refractivity contribution in [2.24, 2.45) is 4.52 Å². The number of nitrogens with zero attached hydrogens (tertiary/aromatic N) is 1. The molecule has 0 amide bonds. The van der Waals surface area contributed by atoms with Crippen LogP contribution in [0.15, 0.2) is 126 Å². The Labute approximate surface area is 198 Å². The smallest absolute Gasteiger partial charge is 0.0490 e. The lowest BCUT2D eigenvalue weighted by Crippen LogP contribution is -2.26. The maximum Gasteiger partial charge on any atom is 0.0490 e. The zero-order valence-electron chi connectivity index (χ0n) is 18.8. The standard InChI is InChI=1S/C30H29NP2/c1-5-13-25(14-6-1)30(23-24-30)33(28-17-9-3-10-18-28,29-19-11-4-12-20-29)31-32(27-21-22-27)26-15-7-2-8-16-26/h1-20,27H,21-24H2. The minimum Gasteiger partial charge on any atom is -0.265 e. The summed E-state index contributed by atoms with van der Waals surface area (Å²) < 4.78 is 6.17. The van der Waals surface area contributed by atoms with E-state index in [1.807, 2.05) is 0 Å². The maximum absolute atomic E-state index is 6.17. The van der Waals surface area contributed by atoms with Gasteiger partial charge in [-0.25, -0.2) is 0 Å². The molecule has 4 aromatic carbocycles. The molecule has 3 heteroatoms. The molecule has 0 N–H and O–H groups in total. The van der Waals surface area contributed by atoms with Crippen molar-refractivity contribution in [2.75, 3.05) is 0 Å². The van der Waals surface area contributed by atoms with Gasteiger partial charge in [0.25, 0.3) is 0 Å². The Hall–Kier alpha value is -2.46. The van der Waals surface area contributed by atoms with Gasteiger partial charge in [-0.1, -0.05) is 121 Å². The molecule has 0 heterocycles. The molecule has 33 heavy (non-hydrogen) atoms. The van der Waals surface area contributed by atoms with E-state index in [9.17, 15) is 0 Å². The number of hydrogen-bond donors (Lipinski definition) is 0. The van der Waals surface area contributed by atoms with E-state index in [2.05, 4.69) is 121 Å². The Bertz CT molecular complexity index is 1220. The number of benzene rings is 4. The van der Waals surface area contributed by atoms with Crippen LogP contribution in [0.5, 0.6) is 0 Å². The van der Waals surface area contributed by atoms with Crippen LogP contribution in [0.25, 0.3) is 0 Å². The monoisotopic (exact) mass is 465 g/mol. The third-order valence-electron chi connectivity index (χ3n) is 7.06. The lowest BCUT2D eigenvalue weighted by atomic mass is 10.1. The molecule has 4 aromatic rings. The summed E-state index contributed by atoms with van der Waals surface area (Å²) in [6.07, 6.45) is 5.04. The van der Waals surface area contributed by atoms with Gasteiger partial charge in [0.1, 0.15) is 0 Å². The number of rotatable bonds is 7. The van der Waals surface area contributed by atoms with Gasteiger partial charge in [-0.3, -0.25) is 4.52 Å². The average Bonchev–Trinajstić information content (AvgIpc) is 3.82. The first kappa shape index (κ1) is 21.1. The molecule has 0 radical (unpaired) electrons. The van der Waals surface area contributed by atoms with E-state index in [-0.39, 0.29) is 5.16 Å². The van der Waals surface area contributed by atoms with Crippen LogP contribution in [0.3, 0.4) is 0 Å². The van der Waals surface area contributed by atoms with Crippen LogP contribution in [-0.2, 0) is 5.16 Å². The van der Waals surface area contributed by atoms with Gasteiger partial charge in [-0.05, 0) is 47.2 Å². The molecular formula is C30H29NP2. The highest BCUT2D eigenvalue weighted by atomic mass is 31.2. The van der Waals surface area contributed by atoms with Gasteiger partial charge < -0.3 is 0 Å². The van der Waals surface area contributed by atoms with Crippen LogP contribution in [0, 0.1) is 0 Å². The molecule has 1 nitrogen and oxygen atoms in total.